The van der Waals surface area contributed by atoms with Crippen molar-refractivity contribution in [1.82, 2.24) is 24.5 Å². The van der Waals surface area contributed by atoms with E-state index in [9.17, 15) is 0 Å². The molecule has 0 saturated carbocycles. The van der Waals surface area contributed by atoms with E-state index >= 15 is 0 Å². The summed E-state index contributed by atoms with van der Waals surface area (Å²) in [5, 5.41) is 8.82. The van der Waals surface area contributed by atoms with E-state index < -0.39 is 0 Å². The standard InChI is InChI=1S/C16H17N5O2/c1-3-20-9-13(7-17-20)16-18-11(2)19-21(16)8-12-4-5-14-15(6-12)23-10-22-14/h4-7,9H,3,8,10H2,1-2H3. The SMILES string of the molecule is CCn1cc(-c2nc(C)nn2Cc2ccc3c(c2)OCO3)cn1. The number of aromatic nitrogens is 5. The summed E-state index contributed by atoms with van der Waals surface area (Å²) >= 11 is 0. The molecule has 0 fully saturated rings. The molecule has 0 aliphatic carbocycles. The van der Waals surface area contributed by atoms with Gasteiger partial charge < -0.3 is 9.47 Å². The number of fused-ring (bicyclic) bond motifs is 1. The fourth-order valence-corrected chi connectivity index (χ4v) is 2.64. The molecule has 2 aromatic heterocycles. The summed E-state index contributed by atoms with van der Waals surface area (Å²) in [7, 11) is 0. The molecule has 23 heavy (non-hydrogen) atoms. The van der Waals surface area contributed by atoms with Crippen LogP contribution in [-0.2, 0) is 13.1 Å². The lowest BCUT2D eigenvalue weighted by Crippen LogP contribution is -2.04. The van der Waals surface area contributed by atoms with Crippen molar-refractivity contribution in [2.24, 2.45) is 0 Å². The zero-order valence-electron chi connectivity index (χ0n) is 13.1. The van der Waals surface area contributed by atoms with Crippen LogP contribution in [-0.4, -0.2) is 31.3 Å². The molecule has 0 N–H and O–H groups in total. The maximum Gasteiger partial charge on any atom is 0.231 e. The van der Waals surface area contributed by atoms with Crippen molar-refractivity contribution in [2.75, 3.05) is 6.79 Å². The Kier molecular flexibility index (Phi) is 3.25. The maximum atomic E-state index is 5.43. The molecule has 4 rings (SSSR count). The zero-order chi connectivity index (χ0) is 15.8. The van der Waals surface area contributed by atoms with Crippen molar-refractivity contribution < 1.29 is 9.47 Å². The molecule has 0 spiro atoms. The van der Waals surface area contributed by atoms with Crippen molar-refractivity contribution in [3.05, 3.63) is 42.0 Å². The third-order valence-electron chi connectivity index (χ3n) is 3.76. The minimum absolute atomic E-state index is 0.280. The fraction of sp³-hybridized carbons (Fsp3) is 0.312. The van der Waals surface area contributed by atoms with Crippen molar-refractivity contribution in [2.45, 2.75) is 26.9 Å². The molecule has 3 heterocycles. The zero-order valence-corrected chi connectivity index (χ0v) is 13.1. The Bertz CT molecular complexity index is 852. The molecular formula is C16H17N5O2. The van der Waals surface area contributed by atoms with Crippen LogP contribution in [0, 0.1) is 6.92 Å². The molecule has 0 amide bonds. The van der Waals surface area contributed by atoms with Gasteiger partial charge in [-0.05, 0) is 31.5 Å². The number of ether oxygens (including phenoxy) is 2. The van der Waals surface area contributed by atoms with E-state index in [0.29, 0.717) is 6.54 Å². The lowest BCUT2D eigenvalue weighted by molar-refractivity contribution is 0.174. The van der Waals surface area contributed by atoms with Crippen molar-refractivity contribution in [3.8, 4) is 22.9 Å². The van der Waals surface area contributed by atoms with Crippen LogP contribution in [0.4, 0.5) is 0 Å². The Hall–Kier alpha value is -2.83. The molecule has 1 aliphatic rings. The number of hydrogen-bond donors (Lipinski definition) is 0. The van der Waals surface area contributed by atoms with Crippen LogP contribution in [0.25, 0.3) is 11.4 Å². The van der Waals surface area contributed by atoms with Gasteiger partial charge in [0.15, 0.2) is 17.3 Å². The van der Waals surface area contributed by atoms with Crippen LogP contribution in [0.15, 0.2) is 30.6 Å². The smallest absolute Gasteiger partial charge is 0.231 e. The van der Waals surface area contributed by atoms with Crippen molar-refractivity contribution >= 4 is 0 Å². The van der Waals surface area contributed by atoms with Crippen LogP contribution in [0.3, 0.4) is 0 Å². The van der Waals surface area contributed by atoms with E-state index in [1.54, 1.807) is 0 Å². The highest BCUT2D eigenvalue weighted by molar-refractivity contribution is 5.53. The van der Waals surface area contributed by atoms with E-state index in [1.807, 2.05) is 46.9 Å². The number of hydrogen-bond acceptors (Lipinski definition) is 5. The first kappa shape index (κ1) is 13.8. The molecule has 1 aromatic carbocycles. The molecule has 118 valence electrons. The monoisotopic (exact) mass is 311 g/mol. The first-order valence-electron chi connectivity index (χ1n) is 7.55. The summed E-state index contributed by atoms with van der Waals surface area (Å²) in [5.74, 6) is 3.12. The van der Waals surface area contributed by atoms with Gasteiger partial charge in [0.25, 0.3) is 0 Å². The highest BCUT2D eigenvalue weighted by atomic mass is 16.7. The molecule has 0 bridgehead atoms. The molecule has 3 aromatic rings. The molecule has 0 saturated heterocycles. The third-order valence-corrected chi connectivity index (χ3v) is 3.76. The second-order valence-electron chi connectivity index (χ2n) is 5.41. The Labute approximate surface area is 133 Å². The second-order valence-corrected chi connectivity index (χ2v) is 5.41. The van der Waals surface area contributed by atoms with Gasteiger partial charge in [-0.15, -0.1) is 0 Å². The summed E-state index contributed by atoms with van der Waals surface area (Å²) in [6.45, 7) is 5.67. The highest BCUT2D eigenvalue weighted by Gasteiger charge is 2.16. The maximum absolute atomic E-state index is 5.43. The van der Waals surface area contributed by atoms with Gasteiger partial charge in [0.2, 0.25) is 6.79 Å². The predicted molar refractivity (Wildman–Crippen MR) is 83.3 cm³/mol. The third kappa shape index (κ3) is 2.54. The average Bonchev–Trinajstić information content (AvgIpc) is 3.26. The van der Waals surface area contributed by atoms with E-state index in [1.165, 1.54) is 0 Å². The minimum atomic E-state index is 0.280. The van der Waals surface area contributed by atoms with Gasteiger partial charge in [-0.25, -0.2) is 9.67 Å². The Morgan fingerprint density at radius 1 is 1.22 bits per heavy atom. The highest BCUT2D eigenvalue weighted by Crippen LogP contribution is 2.32. The molecular weight excluding hydrogens is 294 g/mol. The summed E-state index contributed by atoms with van der Waals surface area (Å²) in [6.07, 6.45) is 3.81. The number of aryl methyl sites for hydroxylation is 2. The van der Waals surface area contributed by atoms with E-state index in [0.717, 1.165) is 40.8 Å². The minimum Gasteiger partial charge on any atom is -0.454 e. The van der Waals surface area contributed by atoms with Crippen LogP contribution >= 0.6 is 0 Å². The fourth-order valence-electron chi connectivity index (χ4n) is 2.64. The molecule has 7 nitrogen and oxygen atoms in total. The molecule has 0 atom stereocenters. The topological polar surface area (TPSA) is 67.0 Å². The first-order valence-corrected chi connectivity index (χ1v) is 7.55. The summed E-state index contributed by atoms with van der Waals surface area (Å²) in [5.41, 5.74) is 2.05. The Morgan fingerprint density at radius 2 is 2.09 bits per heavy atom. The predicted octanol–water partition coefficient (Wildman–Crippen LogP) is 2.25. The molecule has 1 aliphatic heterocycles. The van der Waals surface area contributed by atoms with E-state index in [-0.39, 0.29) is 6.79 Å². The Morgan fingerprint density at radius 3 is 2.91 bits per heavy atom. The first-order chi connectivity index (χ1) is 11.2. The van der Waals surface area contributed by atoms with Gasteiger partial charge in [0, 0.05) is 12.7 Å². The summed E-state index contributed by atoms with van der Waals surface area (Å²) in [4.78, 5) is 4.54. The number of nitrogens with zero attached hydrogens (tertiary/aromatic N) is 5. The number of rotatable bonds is 4. The van der Waals surface area contributed by atoms with Crippen LogP contribution in [0.1, 0.15) is 18.3 Å². The van der Waals surface area contributed by atoms with Gasteiger partial charge in [0.1, 0.15) is 5.82 Å². The summed E-state index contributed by atoms with van der Waals surface area (Å²) in [6, 6.07) is 5.93. The van der Waals surface area contributed by atoms with Crippen LogP contribution < -0.4 is 9.47 Å². The van der Waals surface area contributed by atoms with Crippen LogP contribution in [0.5, 0.6) is 11.5 Å². The normalized spacial score (nSPS) is 12.8. The lowest BCUT2D eigenvalue weighted by Gasteiger charge is -2.06. The molecule has 7 heteroatoms. The van der Waals surface area contributed by atoms with Crippen LogP contribution in [0.2, 0.25) is 0 Å². The quantitative estimate of drug-likeness (QED) is 0.739. The van der Waals surface area contributed by atoms with E-state index in [2.05, 4.69) is 22.1 Å². The van der Waals surface area contributed by atoms with Gasteiger partial charge >= 0.3 is 0 Å². The number of benzene rings is 1. The van der Waals surface area contributed by atoms with Gasteiger partial charge in [0.05, 0.1) is 18.3 Å². The van der Waals surface area contributed by atoms with Gasteiger partial charge in [-0.1, -0.05) is 6.07 Å². The lowest BCUT2D eigenvalue weighted by atomic mass is 10.2. The van der Waals surface area contributed by atoms with Gasteiger partial charge in [-0.2, -0.15) is 10.2 Å². The Balaban J connectivity index is 1.66. The average molecular weight is 311 g/mol. The van der Waals surface area contributed by atoms with Crippen molar-refractivity contribution in [3.63, 3.8) is 0 Å². The molecule has 0 unspecified atom stereocenters. The summed E-state index contributed by atoms with van der Waals surface area (Å²) < 4.78 is 14.6. The van der Waals surface area contributed by atoms with Gasteiger partial charge in [-0.3, -0.25) is 4.68 Å². The van der Waals surface area contributed by atoms with Crippen molar-refractivity contribution in [1.29, 1.82) is 0 Å². The second kappa shape index (κ2) is 5.42. The van der Waals surface area contributed by atoms with E-state index in [4.69, 9.17) is 9.47 Å². The molecule has 0 radical (unpaired) electrons. The largest absolute Gasteiger partial charge is 0.454 e.